The monoisotopic (exact) mass is 378 g/mol. The van der Waals surface area contributed by atoms with Crippen LogP contribution in [0.4, 0.5) is 0 Å². The normalized spacial score (nSPS) is 37.8. The highest BCUT2D eigenvalue weighted by Gasteiger charge is 2.37. The van der Waals surface area contributed by atoms with Crippen molar-refractivity contribution in [1.82, 2.24) is 0 Å². The lowest BCUT2D eigenvalue weighted by Gasteiger charge is -2.29. The van der Waals surface area contributed by atoms with Gasteiger partial charge in [-0.25, -0.2) is 4.79 Å². The first-order chi connectivity index (χ1) is 12.7. The molecule has 0 unspecified atom stereocenters. The van der Waals surface area contributed by atoms with E-state index >= 15 is 0 Å². The van der Waals surface area contributed by atoms with Crippen LogP contribution in [0.2, 0.25) is 0 Å². The third-order valence-electron chi connectivity index (χ3n) is 5.50. The number of cyclic esters (lactones) is 1. The van der Waals surface area contributed by atoms with Crippen LogP contribution < -0.4 is 0 Å². The minimum absolute atomic E-state index is 0.0567. The van der Waals surface area contributed by atoms with Crippen molar-refractivity contribution >= 4 is 11.8 Å². The van der Waals surface area contributed by atoms with Gasteiger partial charge in [0.15, 0.2) is 5.78 Å². The number of nitrogens with zero attached hydrogens (tertiary/aromatic N) is 2. The number of ether oxygens (including phenoxy) is 1. The van der Waals surface area contributed by atoms with E-state index in [1.807, 2.05) is 13.8 Å². The molecule has 0 aromatic heterocycles. The molecule has 0 aliphatic carbocycles. The number of nitroso groups, excluding NO2 is 2. The summed E-state index contributed by atoms with van der Waals surface area (Å²) in [5.41, 5.74) is -0.0748. The molecule has 0 saturated heterocycles. The average Bonchev–Trinajstić information content (AvgIpc) is 2.63. The largest absolute Gasteiger partial charge is 0.458 e. The van der Waals surface area contributed by atoms with Gasteiger partial charge in [-0.05, 0) is 24.8 Å². The topological polar surface area (TPSA) is 102 Å². The predicted molar refractivity (Wildman–Crippen MR) is 104 cm³/mol. The fourth-order valence-electron chi connectivity index (χ4n) is 3.63. The van der Waals surface area contributed by atoms with Crippen molar-refractivity contribution in [1.29, 1.82) is 0 Å². The van der Waals surface area contributed by atoms with Gasteiger partial charge in [0.2, 0.25) is 0 Å². The summed E-state index contributed by atoms with van der Waals surface area (Å²) in [5, 5.41) is 6.20. The summed E-state index contributed by atoms with van der Waals surface area (Å²) in [5.74, 6) is -2.13. The van der Waals surface area contributed by atoms with E-state index in [9.17, 15) is 19.4 Å². The van der Waals surface area contributed by atoms with Crippen molar-refractivity contribution in [2.75, 3.05) is 0 Å². The van der Waals surface area contributed by atoms with Crippen LogP contribution in [0.5, 0.6) is 0 Å². The number of esters is 1. The molecule has 7 nitrogen and oxygen atoms in total. The Kier molecular flexibility index (Phi) is 8.66. The lowest BCUT2D eigenvalue weighted by atomic mass is 9.79. The second-order valence-corrected chi connectivity index (χ2v) is 7.62. The molecule has 7 heteroatoms. The smallest absolute Gasteiger partial charge is 0.336 e. The van der Waals surface area contributed by atoms with Crippen molar-refractivity contribution < 1.29 is 14.3 Å². The minimum Gasteiger partial charge on any atom is -0.458 e. The van der Waals surface area contributed by atoms with E-state index in [1.54, 1.807) is 26.8 Å². The predicted octanol–water partition coefficient (Wildman–Crippen LogP) is 4.21. The van der Waals surface area contributed by atoms with Crippen LogP contribution in [-0.4, -0.2) is 29.9 Å². The lowest BCUT2D eigenvalue weighted by Crippen LogP contribution is -2.37. The van der Waals surface area contributed by atoms with E-state index in [-0.39, 0.29) is 29.1 Å². The molecule has 0 spiro atoms. The highest BCUT2D eigenvalue weighted by molar-refractivity contribution is 5.91. The van der Waals surface area contributed by atoms with Crippen LogP contribution in [0.3, 0.4) is 0 Å². The van der Waals surface area contributed by atoms with Crippen molar-refractivity contribution in [3.63, 3.8) is 0 Å². The number of allylic oxidation sites excluding steroid dienone is 1. The van der Waals surface area contributed by atoms with E-state index < -0.39 is 30.1 Å². The summed E-state index contributed by atoms with van der Waals surface area (Å²) in [7, 11) is 0. The number of hydrogen-bond acceptors (Lipinski definition) is 7. The van der Waals surface area contributed by atoms with Gasteiger partial charge in [-0.3, -0.25) is 4.79 Å². The Labute approximate surface area is 160 Å². The summed E-state index contributed by atoms with van der Waals surface area (Å²) in [6.07, 6.45) is 3.77. The van der Waals surface area contributed by atoms with Crippen molar-refractivity contribution in [3.05, 3.63) is 34.1 Å². The quantitative estimate of drug-likeness (QED) is 0.416. The van der Waals surface area contributed by atoms with Crippen LogP contribution in [0, 0.1) is 33.5 Å². The average molecular weight is 378 g/mol. The van der Waals surface area contributed by atoms with Crippen molar-refractivity contribution in [3.8, 4) is 0 Å². The van der Waals surface area contributed by atoms with Gasteiger partial charge < -0.3 is 4.74 Å². The Morgan fingerprint density at radius 3 is 2.30 bits per heavy atom. The van der Waals surface area contributed by atoms with Gasteiger partial charge in [-0.15, -0.1) is 0 Å². The molecule has 1 aliphatic heterocycles. The van der Waals surface area contributed by atoms with Gasteiger partial charge in [-0.1, -0.05) is 57.6 Å². The molecule has 7 atom stereocenters. The van der Waals surface area contributed by atoms with Gasteiger partial charge in [0, 0.05) is 17.8 Å². The third kappa shape index (κ3) is 5.65. The van der Waals surface area contributed by atoms with Crippen LogP contribution >= 0.6 is 0 Å². The highest BCUT2D eigenvalue weighted by atomic mass is 16.5. The Bertz CT molecular complexity index is 615. The molecule has 0 bridgehead atoms. The fourth-order valence-corrected chi connectivity index (χ4v) is 3.63. The van der Waals surface area contributed by atoms with E-state index in [0.29, 0.717) is 12.8 Å². The molecule has 0 radical (unpaired) electrons. The van der Waals surface area contributed by atoms with E-state index in [2.05, 4.69) is 16.9 Å². The van der Waals surface area contributed by atoms with Crippen LogP contribution in [-0.2, 0) is 14.3 Å². The Hall–Kier alpha value is -2.18. The third-order valence-corrected chi connectivity index (χ3v) is 5.50. The van der Waals surface area contributed by atoms with Gasteiger partial charge >= 0.3 is 5.97 Å². The van der Waals surface area contributed by atoms with E-state index in [1.165, 1.54) is 6.08 Å². The Morgan fingerprint density at radius 1 is 1.15 bits per heavy atom. The first-order valence-corrected chi connectivity index (χ1v) is 9.44. The van der Waals surface area contributed by atoms with E-state index in [4.69, 9.17) is 4.74 Å². The number of carbonyl (C=O) groups excluding carboxylic acids is 2. The second-order valence-electron chi connectivity index (χ2n) is 7.62. The number of hydrogen-bond donors (Lipinski definition) is 0. The summed E-state index contributed by atoms with van der Waals surface area (Å²) in [6.45, 7) is 12.7. The van der Waals surface area contributed by atoms with Crippen LogP contribution in [0.15, 0.2) is 34.7 Å². The zero-order chi connectivity index (χ0) is 20.7. The summed E-state index contributed by atoms with van der Waals surface area (Å²) in [6, 6.07) is -1.89. The molecule has 0 fully saturated rings. The SMILES string of the molecule is C=C1C(=O)O[C@H](CC)[C@H](C)/C=C/C(=O)[C@H](C)C[C@H](C)[C@H](N=O)[C@@H](C)[C@@H]1N=O. The molecule has 0 amide bonds. The molecule has 0 aromatic rings. The van der Waals surface area contributed by atoms with Gasteiger partial charge in [0.1, 0.15) is 12.1 Å². The standard InChI is InChI=1S/C20H30N2O5/c1-7-17-11(2)8-9-16(23)12(3)10-13(4)18(21-25)14(5)19(22-26)15(6)20(24)27-17/h8-9,11-14,17-19H,6-7,10H2,1-5H3/b9-8+/t11-,12-,13+,14-,17-,18+,19+/m1/s1. The molecular weight excluding hydrogens is 348 g/mol. The molecule has 1 aliphatic rings. The van der Waals surface area contributed by atoms with E-state index in [0.717, 1.165) is 0 Å². The first kappa shape index (κ1) is 22.9. The maximum Gasteiger partial charge on any atom is 0.336 e. The molecule has 0 N–H and O–H groups in total. The maximum atomic E-state index is 12.5. The number of rotatable bonds is 3. The molecule has 1 rings (SSSR count). The van der Waals surface area contributed by atoms with Gasteiger partial charge in [0.25, 0.3) is 0 Å². The van der Waals surface area contributed by atoms with Crippen molar-refractivity contribution in [2.45, 2.75) is 65.6 Å². The molecule has 1 heterocycles. The number of carbonyl (C=O) groups is 2. The summed E-state index contributed by atoms with van der Waals surface area (Å²) >= 11 is 0. The fraction of sp³-hybridized carbons (Fsp3) is 0.700. The van der Waals surface area contributed by atoms with Crippen molar-refractivity contribution in [2.24, 2.45) is 34.0 Å². The minimum atomic E-state index is -1.11. The Balaban J connectivity index is 3.32. The second kappa shape index (κ2) is 10.2. The van der Waals surface area contributed by atoms with Crippen LogP contribution in [0.1, 0.15) is 47.5 Å². The van der Waals surface area contributed by atoms with Gasteiger partial charge in [0.05, 0.1) is 11.6 Å². The molecule has 0 saturated carbocycles. The Morgan fingerprint density at radius 2 is 1.78 bits per heavy atom. The molecule has 27 heavy (non-hydrogen) atoms. The highest BCUT2D eigenvalue weighted by Crippen LogP contribution is 2.30. The van der Waals surface area contributed by atoms with Crippen LogP contribution in [0.25, 0.3) is 0 Å². The van der Waals surface area contributed by atoms with Gasteiger partial charge in [-0.2, -0.15) is 9.81 Å². The molecule has 150 valence electrons. The zero-order valence-electron chi connectivity index (χ0n) is 16.8. The molecule has 0 aromatic carbocycles. The number of ketones is 1. The lowest BCUT2D eigenvalue weighted by molar-refractivity contribution is -0.146. The maximum absolute atomic E-state index is 12.5. The summed E-state index contributed by atoms with van der Waals surface area (Å²) < 4.78 is 5.50. The zero-order valence-corrected chi connectivity index (χ0v) is 16.8. The summed E-state index contributed by atoms with van der Waals surface area (Å²) in [4.78, 5) is 47.8. The molecular formula is C20H30N2O5. The first-order valence-electron chi connectivity index (χ1n) is 9.44.